The molecule has 9 heteroatoms. The molecule has 0 bridgehead atoms. The minimum absolute atomic E-state index is 0.181. The highest BCUT2D eigenvalue weighted by Crippen LogP contribution is 2.60. The molecule has 0 radical (unpaired) electrons. The van der Waals surface area contributed by atoms with Gasteiger partial charge < -0.3 is 19.1 Å². The lowest BCUT2D eigenvalue weighted by molar-refractivity contribution is -0.274. The normalized spacial score (nSPS) is 13.2. The SMILES string of the molecule is CCOP(=O)(OCC)C(Nc1ccc(OC(F)(F)F)cc1)c1ccccc1. The summed E-state index contributed by atoms with van der Waals surface area (Å²) >= 11 is 0. The first-order chi connectivity index (χ1) is 12.8. The van der Waals surface area contributed by atoms with Crippen LogP contribution in [0.25, 0.3) is 0 Å². The van der Waals surface area contributed by atoms with Crippen LogP contribution in [0.2, 0.25) is 0 Å². The Hall–Kier alpha value is -2.02. The van der Waals surface area contributed by atoms with Gasteiger partial charge in [-0.15, -0.1) is 13.2 Å². The van der Waals surface area contributed by atoms with E-state index >= 15 is 0 Å². The topological polar surface area (TPSA) is 56.8 Å². The summed E-state index contributed by atoms with van der Waals surface area (Å²) in [6.45, 7) is 3.77. The van der Waals surface area contributed by atoms with Crippen LogP contribution in [0.15, 0.2) is 54.6 Å². The van der Waals surface area contributed by atoms with E-state index in [1.807, 2.05) is 6.07 Å². The highest BCUT2D eigenvalue weighted by Gasteiger charge is 2.37. The van der Waals surface area contributed by atoms with Crippen LogP contribution in [-0.4, -0.2) is 19.6 Å². The quantitative estimate of drug-likeness (QED) is 0.524. The largest absolute Gasteiger partial charge is 0.573 e. The number of alkyl halides is 3. The maximum Gasteiger partial charge on any atom is 0.573 e. The lowest BCUT2D eigenvalue weighted by Crippen LogP contribution is -2.17. The van der Waals surface area contributed by atoms with Crippen LogP contribution in [0.4, 0.5) is 18.9 Å². The first kappa shape index (κ1) is 21.3. The van der Waals surface area contributed by atoms with Gasteiger partial charge in [0, 0.05) is 5.69 Å². The van der Waals surface area contributed by atoms with Crippen LogP contribution in [0.5, 0.6) is 5.75 Å². The van der Waals surface area contributed by atoms with Gasteiger partial charge in [0.15, 0.2) is 5.78 Å². The van der Waals surface area contributed by atoms with Crippen molar-refractivity contribution in [2.45, 2.75) is 26.0 Å². The number of ether oxygens (including phenoxy) is 1. The van der Waals surface area contributed by atoms with E-state index in [4.69, 9.17) is 9.05 Å². The minimum atomic E-state index is -4.76. The zero-order valence-electron chi connectivity index (χ0n) is 14.9. The standard InChI is InChI=1S/C18H21F3NO4P/c1-3-24-27(23,25-4-2)17(14-8-6-5-7-9-14)22-15-10-12-16(13-11-15)26-18(19,20)21/h5-13,17,22H,3-4H2,1-2H3. The first-order valence-electron chi connectivity index (χ1n) is 8.33. The predicted molar refractivity (Wildman–Crippen MR) is 96.8 cm³/mol. The molecule has 0 heterocycles. The van der Waals surface area contributed by atoms with Crippen LogP contribution >= 0.6 is 7.60 Å². The molecule has 0 aliphatic carbocycles. The van der Waals surface area contributed by atoms with Crippen LogP contribution < -0.4 is 10.1 Å². The van der Waals surface area contributed by atoms with Crippen LogP contribution in [0, 0.1) is 0 Å². The van der Waals surface area contributed by atoms with E-state index in [0.29, 0.717) is 11.3 Å². The molecule has 2 aromatic rings. The van der Waals surface area contributed by atoms with Crippen molar-refractivity contribution in [3.8, 4) is 5.75 Å². The summed E-state index contributed by atoms with van der Waals surface area (Å²) in [4.78, 5) is 0. The summed E-state index contributed by atoms with van der Waals surface area (Å²) in [7, 11) is -3.58. The number of nitrogens with one attached hydrogen (secondary N) is 1. The monoisotopic (exact) mass is 403 g/mol. The lowest BCUT2D eigenvalue weighted by atomic mass is 10.2. The summed E-state index contributed by atoms with van der Waals surface area (Å²) in [5, 5.41) is 3.05. The van der Waals surface area contributed by atoms with Gasteiger partial charge in [-0.3, -0.25) is 4.57 Å². The number of anilines is 1. The van der Waals surface area contributed by atoms with Crippen molar-refractivity contribution in [3.63, 3.8) is 0 Å². The average Bonchev–Trinajstić information content (AvgIpc) is 2.61. The third-order valence-corrected chi connectivity index (χ3v) is 5.74. The molecular weight excluding hydrogens is 382 g/mol. The first-order valence-corrected chi connectivity index (χ1v) is 9.94. The van der Waals surface area contributed by atoms with Crippen molar-refractivity contribution in [2.75, 3.05) is 18.5 Å². The van der Waals surface area contributed by atoms with Gasteiger partial charge in [0.05, 0.1) is 13.2 Å². The average molecular weight is 403 g/mol. The summed E-state index contributed by atoms with van der Waals surface area (Å²) < 4.78 is 64.9. The van der Waals surface area contributed by atoms with Crippen molar-refractivity contribution >= 4 is 13.3 Å². The van der Waals surface area contributed by atoms with E-state index in [-0.39, 0.29) is 19.0 Å². The molecular formula is C18H21F3NO4P. The van der Waals surface area contributed by atoms with E-state index in [9.17, 15) is 17.7 Å². The Balaban J connectivity index is 2.31. The number of hydrogen-bond donors (Lipinski definition) is 1. The second-order valence-corrected chi connectivity index (χ2v) is 7.52. The van der Waals surface area contributed by atoms with Gasteiger partial charge in [-0.25, -0.2) is 0 Å². The molecule has 1 N–H and O–H groups in total. The third-order valence-electron chi connectivity index (χ3n) is 3.44. The molecule has 0 fully saturated rings. The fraction of sp³-hybridized carbons (Fsp3) is 0.333. The molecule has 5 nitrogen and oxygen atoms in total. The van der Waals surface area contributed by atoms with Gasteiger partial charge in [-0.05, 0) is 43.7 Å². The predicted octanol–water partition coefficient (Wildman–Crippen LogP) is 5.96. The molecule has 0 aliphatic rings. The second-order valence-electron chi connectivity index (χ2n) is 5.41. The van der Waals surface area contributed by atoms with Crippen LogP contribution in [0.1, 0.15) is 25.2 Å². The molecule has 0 spiro atoms. The maximum absolute atomic E-state index is 13.3. The Morgan fingerprint density at radius 1 is 0.963 bits per heavy atom. The number of halogens is 3. The van der Waals surface area contributed by atoms with E-state index in [0.717, 1.165) is 0 Å². The van der Waals surface area contributed by atoms with Gasteiger partial charge in [0.2, 0.25) is 0 Å². The van der Waals surface area contributed by atoms with E-state index in [1.165, 1.54) is 24.3 Å². The molecule has 1 unspecified atom stereocenters. The van der Waals surface area contributed by atoms with Crippen LogP contribution in [-0.2, 0) is 13.6 Å². The van der Waals surface area contributed by atoms with Crippen molar-refractivity contribution in [1.82, 2.24) is 0 Å². The molecule has 0 aliphatic heterocycles. The Bertz CT molecular complexity index is 743. The molecule has 27 heavy (non-hydrogen) atoms. The van der Waals surface area contributed by atoms with Gasteiger partial charge in [0.25, 0.3) is 0 Å². The number of rotatable bonds is 9. The van der Waals surface area contributed by atoms with Gasteiger partial charge >= 0.3 is 14.0 Å². The van der Waals surface area contributed by atoms with Crippen molar-refractivity contribution in [2.24, 2.45) is 0 Å². The molecule has 2 rings (SSSR count). The molecule has 0 saturated carbocycles. The van der Waals surface area contributed by atoms with E-state index in [2.05, 4.69) is 10.1 Å². The molecule has 0 saturated heterocycles. The maximum atomic E-state index is 13.3. The Morgan fingerprint density at radius 2 is 1.52 bits per heavy atom. The Kier molecular flexibility index (Phi) is 7.30. The van der Waals surface area contributed by atoms with E-state index < -0.39 is 19.7 Å². The fourth-order valence-electron chi connectivity index (χ4n) is 2.44. The number of hydrogen-bond acceptors (Lipinski definition) is 5. The van der Waals surface area contributed by atoms with Crippen LogP contribution in [0.3, 0.4) is 0 Å². The zero-order valence-corrected chi connectivity index (χ0v) is 15.8. The molecule has 1 atom stereocenters. The molecule has 148 valence electrons. The summed E-state index contributed by atoms with van der Waals surface area (Å²) in [5.41, 5.74) is 1.11. The lowest BCUT2D eigenvalue weighted by Gasteiger charge is -2.28. The van der Waals surface area contributed by atoms with Gasteiger partial charge in [-0.2, -0.15) is 0 Å². The summed E-state index contributed by atoms with van der Waals surface area (Å²) in [6.07, 6.45) is -4.76. The highest BCUT2D eigenvalue weighted by molar-refractivity contribution is 7.54. The minimum Gasteiger partial charge on any atom is -0.406 e. The fourth-order valence-corrected chi connectivity index (χ4v) is 4.37. The summed E-state index contributed by atoms with van der Waals surface area (Å²) in [6, 6.07) is 14.1. The van der Waals surface area contributed by atoms with Crippen molar-refractivity contribution < 1.29 is 31.5 Å². The third kappa shape index (κ3) is 6.27. The smallest absolute Gasteiger partial charge is 0.406 e. The highest BCUT2D eigenvalue weighted by atomic mass is 31.2. The Labute approximate surface area is 156 Å². The van der Waals surface area contributed by atoms with E-state index in [1.54, 1.807) is 38.1 Å². The van der Waals surface area contributed by atoms with Crippen molar-refractivity contribution in [1.29, 1.82) is 0 Å². The second kappa shape index (κ2) is 9.26. The zero-order chi connectivity index (χ0) is 19.9. The molecule has 0 aromatic heterocycles. The van der Waals surface area contributed by atoms with Gasteiger partial charge in [-0.1, -0.05) is 30.3 Å². The van der Waals surface area contributed by atoms with Crippen molar-refractivity contribution in [3.05, 3.63) is 60.2 Å². The number of benzene rings is 2. The summed E-state index contributed by atoms with van der Waals surface area (Å²) in [5.74, 6) is -1.17. The Morgan fingerprint density at radius 3 is 2.00 bits per heavy atom. The molecule has 2 aromatic carbocycles. The molecule has 0 amide bonds. The van der Waals surface area contributed by atoms with Gasteiger partial charge in [0.1, 0.15) is 5.75 Å².